The molecule has 17 heavy (non-hydrogen) atoms. The molecule has 2 aromatic rings. The minimum absolute atomic E-state index is 0.806. The van der Waals surface area contributed by atoms with E-state index < -0.39 is 0 Å². The highest BCUT2D eigenvalue weighted by Gasteiger charge is 2.18. The minimum Gasteiger partial charge on any atom is -0.309 e. The topological polar surface area (TPSA) is 42.7 Å². The third-order valence-corrected chi connectivity index (χ3v) is 3.99. The molecule has 1 N–H and O–H groups in total. The maximum absolute atomic E-state index is 4.32. The van der Waals surface area contributed by atoms with E-state index in [1.807, 2.05) is 12.1 Å². The van der Waals surface area contributed by atoms with Gasteiger partial charge >= 0.3 is 0 Å². The van der Waals surface area contributed by atoms with Crippen molar-refractivity contribution >= 4 is 15.9 Å². The molecular weight excluding hydrogens is 280 g/mol. The second-order valence-electron chi connectivity index (χ2n) is 4.18. The van der Waals surface area contributed by atoms with Gasteiger partial charge in [-0.25, -0.2) is 0 Å². The predicted molar refractivity (Wildman–Crippen MR) is 69.6 cm³/mol. The van der Waals surface area contributed by atoms with E-state index in [0.29, 0.717) is 0 Å². The Hall–Kier alpha value is -1.20. The summed E-state index contributed by atoms with van der Waals surface area (Å²) in [7, 11) is 0. The Balaban J connectivity index is 2.15. The highest BCUT2D eigenvalue weighted by molar-refractivity contribution is 9.10. The molecule has 0 saturated heterocycles. The van der Waals surface area contributed by atoms with Crippen molar-refractivity contribution < 1.29 is 0 Å². The molecule has 88 valence electrons. The standard InChI is InChI=1S/C12H13BrN4/c1-8-9(3-2-4-10(8)13)12-16-15-11-7-14-5-6-17(11)12/h2-4,14H,5-7H2,1H3. The van der Waals surface area contributed by atoms with Gasteiger partial charge in [-0.15, -0.1) is 10.2 Å². The first-order valence-corrected chi connectivity index (χ1v) is 6.45. The van der Waals surface area contributed by atoms with Crippen LogP contribution < -0.4 is 5.32 Å². The maximum Gasteiger partial charge on any atom is 0.164 e. The number of nitrogens with one attached hydrogen (secondary N) is 1. The molecule has 0 spiro atoms. The summed E-state index contributed by atoms with van der Waals surface area (Å²) < 4.78 is 3.31. The van der Waals surface area contributed by atoms with Gasteiger partial charge in [0.15, 0.2) is 5.82 Å². The van der Waals surface area contributed by atoms with Crippen molar-refractivity contribution in [1.82, 2.24) is 20.1 Å². The molecule has 1 aromatic heterocycles. The van der Waals surface area contributed by atoms with E-state index in [1.54, 1.807) is 0 Å². The van der Waals surface area contributed by atoms with Crippen LogP contribution in [0.3, 0.4) is 0 Å². The molecule has 0 saturated carbocycles. The molecule has 1 aliphatic heterocycles. The Bertz CT molecular complexity index is 562. The van der Waals surface area contributed by atoms with E-state index in [1.165, 1.54) is 5.56 Å². The Morgan fingerprint density at radius 1 is 1.35 bits per heavy atom. The van der Waals surface area contributed by atoms with Crippen LogP contribution in [0.2, 0.25) is 0 Å². The highest BCUT2D eigenvalue weighted by atomic mass is 79.9. The summed E-state index contributed by atoms with van der Waals surface area (Å²) in [5.74, 6) is 1.99. The van der Waals surface area contributed by atoms with Gasteiger partial charge in [0, 0.05) is 23.1 Å². The van der Waals surface area contributed by atoms with Crippen LogP contribution in [0.5, 0.6) is 0 Å². The summed E-state index contributed by atoms with van der Waals surface area (Å²) in [6.45, 7) is 4.82. The number of benzene rings is 1. The van der Waals surface area contributed by atoms with Crippen molar-refractivity contribution in [2.24, 2.45) is 0 Å². The van der Waals surface area contributed by atoms with E-state index in [-0.39, 0.29) is 0 Å². The molecule has 0 fully saturated rings. The second-order valence-corrected chi connectivity index (χ2v) is 5.03. The average molecular weight is 293 g/mol. The molecule has 0 aliphatic carbocycles. The van der Waals surface area contributed by atoms with Crippen molar-refractivity contribution in [2.75, 3.05) is 6.54 Å². The smallest absolute Gasteiger partial charge is 0.164 e. The van der Waals surface area contributed by atoms with Crippen LogP contribution in [0, 0.1) is 6.92 Å². The number of aromatic nitrogens is 3. The molecule has 3 rings (SSSR count). The Labute approximate surface area is 108 Å². The fourth-order valence-corrected chi connectivity index (χ4v) is 2.51. The molecule has 4 nitrogen and oxygen atoms in total. The van der Waals surface area contributed by atoms with Gasteiger partial charge in [0.25, 0.3) is 0 Å². The van der Waals surface area contributed by atoms with Crippen molar-refractivity contribution in [2.45, 2.75) is 20.0 Å². The van der Waals surface area contributed by atoms with Gasteiger partial charge in [-0.2, -0.15) is 0 Å². The molecule has 0 amide bonds. The Kier molecular flexibility index (Phi) is 2.72. The van der Waals surface area contributed by atoms with Crippen LogP contribution in [-0.2, 0) is 13.1 Å². The third kappa shape index (κ3) is 1.79. The van der Waals surface area contributed by atoms with E-state index in [4.69, 9.17) is 0 Å². The van der Waals surface area contributed by atoms with E-state index in [9.17, 15) is 0 Å². The predicted octanol–water partition coefficient (Wildman–Crippen LogP) is 2.12. The van der Waals surface area contributed by atoms with Gasteiger partial charge < -0.3 is 9.88 Å². The third-order valence-electron chi connectivity index (χ3n) is 3.13. The van der Waals surface area contributed by atoms with Crippen LogP contribution in [-0.4, -0.2) is 21.3 Å². The monoisotopic (exact) mass is 292 g/mol. The summed E-state index contributed by atoms with van der Waals surface area (Å²) in [6.07, 6.45) is 0. The zero-order valence-corrected chi connectivity index (χ0v) is 11.2. The van der Waals surface area contributed by atoms with Crippen molar-refractivity contribution in [3.8, 4) is 11.4 Å². The van der Waals surface area contributed by atoms with Gasteiger partial charge in [0.1, 0.15) is 5.82 Å². The lowest BCUT2D eigenvalue weighted by molar-refractivity contribution is 0.508. The van der Waals surface area contributed by atoms with Gasteiger partial charge in [-0.05, 0) is 18.6 Å². The van der Waals surface area contributed by atoms with Gasteiger partial charge in [-0.3, -0.25) is 0 Å². The van der Waals surface area contributed by atoms with Crippen LogP contribution in [0.15, 0.2) is 22.7 Å². The number of halogens is 1. The van der Waals surface area contributed by atoms with E-state index in [0.717, 1.165) is 41.3 Å². The lowest BCUT2D eigenvalue weighted by atomic mass is 10.1. The largest absolute Gasteiger partial charge is 0.309 e. The maximum atomic E-state index is 4.32. The van der Waals surface area contributed by atoms with Gasteiger partial charge in [0.05, 0.1) is 6.54 Å². The van der Waals surface area contributed by atoms with E-state index in [2.05, 4.69) is 49.0 Å². The normalized spacial score (nSPS) is 14.7. The van der Waals surface area contributed by atoms with Crippen LogP contribution in [0.25, 0.3) is 11.4 Å². The zero-order chi connectivity index (χ0) is 11.8. The summed E-state index contributed by atoms with van der Waals surface area (Å²) in [5, 5.41) is 11.9. The van der Waals surface area contributed by atoms with Crippen LogP contribution in [0.1, 0.15) is 11.4 Å². The average Bonchev–Trinajstić information content (AvgIpc) is 2.77. The number of hydrogen-bond donors (Lipinski definition) is 1. The second kappa shape index (κ2) is 4.23. The number of fused-ring (bicyclic) bond motifs is 1. The quantitative estimate of drug-likeness (QED) is 0.876. The fraction of sp³-hybridized carbons (Fsp3) is 0.333. The van der Waals surface area contributed by atoms with E-state index >= 15 is 0 Å². The molecule has 1 aliphatic rings. The first-order valence-electron chi connectivity index (χ1n) is 5.65. The molecule has 0 radical (unpaired) electrons. The summed E-state index contributed by atoms with van der Waals surface area (Å²) in [6, 6.07) is 6.18. The Morgan fingerprint density at radius 3 is 3.12 bits per heavy atom. The van der Waals surface area contributed by atoms with Crippen molar-refractivity contribution in [3.63, 3.8) is 0 Å². The van der Waals surface area contributed by atoms with Crippen molar-refractivity contribution in [1.29, 1.82) is 0 Å². The lowest BCUT2D eigenvalue weighted by Gasteiger charge is -2.16. The first-order chi connectivity index (χ1) is 8.27. The highest BCUT2D eigenvalue weighted by Crippen LogP contribution is 2.28. The van der Waals surface area contributed by atoms with Crippen LogP contribution >= 0.6 is 15.9 Å². The number of nitrogens with zero attached hydrogens (tertiary/aromatic N) is 3. The molecule has 0 bridgehead atoms. The summed E-state index contributed by atoms with van der Waals surface area (Å²) >= 11 is 3.56. The minimum atomic E-state index is 0.806. The SMILES string of the molecule is Cc1c(Br)cccc1-c1nnc2n1CCNC2. The first kappa shape index (κ1) is 10.9. The Morgan fingerprint density at radius 2 is 2.24 bits per heavy atom. The number of hydrogen-bond acceptors (Lipinski definition) is 3. The lowest BCUT2D eigenvalue weighted by Crippen LogP contribution is -2.28. The van der Waals surface area contributed by atoms with Crippen LogP contribution in [0.4, 0.5) is 0 Å². The molecule has 1 aromatic carbocycles. The molecule has 0 atom stereocenters. The summed E-state index contributed by atoms with van der Waals surface area (Å²) in [5.41, 5.74) is 2.36. The van der Waals surface area contributed by atoms with Gasteiger partial charge in [0.2, 0.25) is 0 Å². The molecule has 5 heteroatoms. The molecule has 2 heterocycles. The number of rotatable bonds is 1. The molecule has 0 unspecified atom stereocenters. The fourth-order valence-electron chi connectivity index (χ4n) is 2.14. The van der Waals surface area contributed by atoms with Crippen molar-refractivity contribution in [3.05, 3.63) is 34.1 Å². The van der Waals surface area contributed by atoms with Gasteiger partial charge in [-0.1, -0.05) is 28.1 Å². The zero-order valence-electron chi connectivity index (χ0n) is 9.57. The summed E-state index contributed by atoms with van der Waals surface area (Å²) in [4.78, 5) is 0. The molecular formula is C12H13BrN4.